The molecule has 0 N–H and O–H groups in total. The Morgan fingerprint density at radius 2 is 1.76 bits per heavy atom. The minimum Gasteiger partial charge on any atom is -0.484 e. The first kappa shape index (κ1) is 22.3. The molecule has 1 saturated heterocycles. The van der Waals surface area contributed by atoms with Crippen molar-refractivity contribution in [3.05, 3.63) is 71.0 Å². The molecule has 0 unspecified atom stereocenters. The zero-order chi connectivity index (χ0) is 22.6. The molecule has 2 heterocycles. The Balaban J connectivity index is 1.39. The highest BCUT2D eigenvalue weighted by atomic mass is 35.5. The second kappa shape index (κ2) is 10.2. The van der Waals surface area contributed by atoms with Gasteiger partial charge in [0.05, 0.1) is 5.02 Å². The molecule has 33 heavy (non-hydrogen) atoms. The van der Waals surface area contributed by atoms with Crippen LogP contribution >= 0.6 is 23.4 Å². The maximum absolute atomic E-state index is 13.6. The molecule has 1 aliphatic carbocycles. The van der Waals surface area contributed by atoms with E-state index in [2.05, 4.69) is 14.8 Å². The lowest BCUT2D eigenvalue weighted by molar-refractivity contribution is -0.131. The minimum absolute atomic E-state index is 0.158. The first-order chi connectivity index (χ1) is 16.2. The van der Waals surface area contributed by atoms with Crippen LogP contribution in [0.3, 0.4) is 0 Å². The molecule has 1 amide bonds. The van der Waals surface area contributed by atoms with E-state index in [1.54, 1.807) is 6.07 Å². The lowest BCUT2D eigenvalue weighted by Gasteiger charge is -2.30. The van der Waals surface area contributed by atoms with Crippen molar-refractivity contribution in [1.29, 1.82) is 0 Å². The first-order valence-electron chi connectivity index (χ1n) is 11.5. The van der Waals surface area contributed by atoms with Crippen LogP contribution in [0.2, 0.25) is 5.02 Å². The number of nitrogens with zero attached hydrogens (tertiary/aromatic N) is 4. The van der Waals surface area contributed by atoms with Crippen LogP contribution in [-0.2, 0) is 11.4 Å². The number of para-hydroxylation sites is 1. The molecule has 2 aliphatic rings. The second-order valence-corrected chi connectivity index (χ2v) is 9.99. The highest BCUT2D eigenvalue weighted by Crippen LogP contribution is 2.43. The summed E-state index contributed by atoms with van der Waals surface area (Å²) in [7, 11) is 0. The smallest absolute Gasteiger partial charge is 0.240 e. The number of thioether (sulfide) groups is 1. The van der Waals surface area contributed by atoms with Crippen molar-refractivity contribution < 1.29 is 9.53 Å². The van der Waals surface area contributed by atoms with E-state index < -0.39 is 0 Å². The van der Waals surface area contributed by atoms with Crippen LogP contribution in [0.25, 0.3) is 0 Å². The van der Waals surface area contributed by atoms with Crippen LogP contribution in [-0.4, -0.2) is 38.7 Å². The van der Waals surface area contributed by atoms with Crippen molar-refractivity contribution in [2.75, 3.05) is 13.1 Å². The number of hydrogen-bond donors (Lipinski definition) is 0. The monoisotopic (exact) mass is 482 g/mol. The Labute approximate surface area is 203 Å². The number of hydrogen-bond acceptors (Lipinski definition) is 5. The summed E-state index contributed by atoms with van der Waals surface area (Å²) in [4.78, 5) is 15.6. The van der Waals surface area contributed by atoms with Crippen LogP contribution < -0.4 is 4.74 Å². The number of aromatic nitrogens is 3. The summed E-state index contributed by atoms with van der Waals surface area (Å²) in [6.07, 6.45) is 5.50. The molecule has 2 aromatic carbocycles. The summed E-state index contributed by atoms with van der Waals surface area (Å²) in [5, 5.41) is 9.94. The maximum Gasteiger partial charge on any atom is 0.240 e. The predicted molar refractivity (Wildman–Crippen MR) is 130 cm³/mol. The molecular weight excluding hydrogens is 456 g/mol. The van der Waals surface area contributed by atoms with Crippen LogP contribution in [0.15, 0.2) is 59.8 Å². The van der Waals surface area contributed by atoms with Crippen molar-refractivity contribution in [1.82, 2.24) is 19.7 Å². The number of rotatable bonds is 8. The number of ether oxygens (including phenoxy) is 1. The average Bonchev–Trinajstić information content (AvgIpc) is 3.62. The molecule has 172 valence electrons. The average molecular weight is 483 g/mol. The molecule has 1 aliphatic heterocycles. The van der Waals surface area contributed by atoms with Gasteiger partial charge >= 0.3 is 0 Å². The molecule has 0 spiro atoms. The van der Waals surface area contributed by atoms with Gasteiger partial charge in [-0.3, -0.25) is 9.36 Å². The van der Waals surface area contributed by atoms with Gasteiger partial charge in [0.1, 0.15) is 17.6 Å². The second-order valence-electron chi connectivity index (χ2n) is 8.51. The lowest BCUT2D eigenvalue weighted by atomic mass is 10.1. The van der Waals surface area contributed by atoms with E-state index >= 15 is 0 Å². The Hall–Kier alpha value is -2.51. The van der Waals surface area contributed by atoms with Gasteiger partial charge in [-0.2, -0.15) is 0 Å². The third-order valence-corrected chi connectivity index (χ3v) is 7.57. The third-order valence-electron chi connectivity index (χ3n) is 6.06. The van der Waals surface area contributed by atoms with E-state index in [-0.39, 0.29) is 17.8 Å². The number of piperidine rings is 1. The van der Waals surface area contributed by atoms with Gasteiger partial charge in [0.25, 0.3) is 0 Å². The predicted octanol–water partition coefficient (Wildman–Crippen LogP) is 5.69. The van der Waals surface area contributed by atoms with Gasteiger partial charge in [-0.05, 0) is 49.8 Å². The standard InChI is InChI=1S/C25H27ClN4O2S/c26-20-11-5-6-12-21(20)32-17-22-27-28-25(30(22)19-13-14-19)33-23(18-9-3-1-4-10-18)24(31)29-15-7-2-8-16-29/h1,3-6,9-12,19,23H,2,7-8,13-17H2/t23-/m0/s1. The fraction of sp³-hybridized carbons (Fsp3) is 0.400. The highest BCUT2D eigenvalue weighted by molar-refractivity contribution is 8.00. The topological polar surface area (TPSA) is 60.2 Å². The molecule has 8 heteroatoms. The van der Waals surface area contributed by atoms with E-state index in [1.807, 2.05) is 53.4 Å². The van der Waals surface area contributed by atoms with Gasteiger partial charge in [0.2, 0.25) is 5.91 Å². The van der Waals surface area contributed by atoms with Gasteiger partial charge in [-0.15, -0.1) is 10.2 Å². The molecule has 6 nitrogen and oxygen atoms in total. The van der Waals surface area contributed by atoms with Crippen LogP contribution in [0.1, 0.15) is 54.8 Å². The fourth-order valence-electron chi connectivity index (χ4n) is 4.16. The van der Waals surface area contributed by atoms with Gasteiger partial charge in [0, 0.05) is 19.1 Å². The van der Waals surface area contributed by atoms with Crippen LogP contribution in [0.4, 0.5) is 0 Å². The van der Waals surface area contributed by atoms with Crippen molar-refractivity contribution in [3.63, 3.8) is 0 Å². The first-order valence-corrected chi connectivity index (χ1v) is 12.8. The van der Waals surface area contributed by atoms with Gasteiger partial charge in [0.15, 0.2) is 11.0 Å². The maximum atomic E-state index is 13.6. The number of halogens is 1. The van der Waals surface area contributed by atoms with Crippen molar-refractivity contribution >= 4 is 29.3 Å². The Kier molecular flexibility index (Phi) is 6.88. The van der Waals surface area contributed by atoms with Crippen molar-refractivity contribution in [2.45, 2.75) is 55.2 Å². The number of carbonyl (C=O) groups is 1. The largest absolute Gasteiger partial charge is 0.484 e. The van der Waals surface area contributed by atoms with Gasteiger partial charge in [-0.25, -0.2) is 0 Å². The molecule has 1 aromatic heterocycles. The molecule has 1 atom stereocenters. The molecular formula is C25H27ClN4O2S. The SMILES string of the molecule is O=C([C@@H](Sc1nnc(COc2ccccc2Cl)n1C1CC1)c1ccccc1)N1CCCCC1. The quantitative estimate of drug-likeness (QED) is 0.386. The summed E-state index contributed by atoms with van der Waals surface area (Å²) >= 11 is 7.74. The summed E-state index contributed by atoms with van der Waals surface area (Å²) in [6.45, 7) is 1.94. The zero-order valence-corrected chi connectivity index (χ0v) is 20.0. The molecule has 2 fully saturated rings. The number of likely N-dealkylation sites (tertiary alicyclic amines) is 1. The third kappa shape index (κ3) is 5.20. The summed E-state index contributed by atoms with van der Waals surface area (Å²) in [5.41, 5.74) is 0.997. The fourth-order valence-corrected chi connectivity index (χ4v) is 5.56. The number of benzene rings is 2. The van der Waals surface area contributed by atoms with Gasteiger partial charge < -0.3 is 9.64 Å². The molecule has 1 saturated carbocycles. The highest BCUT2D eigenvalue weighted by Gasteiger charge is 2.34. The van der Waals surface area contributed by atoms with E-state index in [0.29, 0.717) is 16.8 Å². The molecule has 5 rings (SSSR count). The van der Waals surface area contributed by atoms with Gasteiger partial charge in [-0.1, -0.05) is 65.8 Å². The summed E-state index contributed by atoms with van der Waals surface area (Å²) < 4.78 is 8.10. The number of carbonyl (C=O) groups excluding carboxylic acids is 1. The summed E-state index contributed by atoms with van der Waals surface area (Å²) in [5.74, 6) is 1.54. The molecule has 3 aromatic rings. The van der Waals surface area contributed by atoms with E-state index in [4.69, 9.17) is 16.3 Å². The Morgan fingerprint density at radius 1 is 1.03 bits per heavy atom. The Morgan fingerprint density at radius 3 is 2.48 bits per heavy atom. The molecule has 0 radical (unpaired) electrons. The zero-order valence-electron chi connectivity index (χ0n) is 18.4. The van der Waals surface area contributed by atoms with E-state index in [9.17, 15) is 4.79 Å². The number of amides is 1. The molecule has 0 bridgehead atoms. The van der Waals surface area contributed by atoms with E-state index in [1.165, 1.54) is 18.2 Å². The van der Waals surface area contributed by atoms with Crippen molar-refractivity contribution in [2.24, 2.45) is 0 Å². The van der Waals surface area contributed by atoms with Crippen LogP contribution in [0.5, 0.6) is 5.75 Å². The minimum atomic E-state index is -0.344. The van der Waals surface area contributed by atoms with E-state index in [0.717, 1.165) is 55.3 Å². The van der Waals surface area contributed by atoms with Crippen molar-refractivity contribution in [3.8, 4) is 5.75 Å². The van der Waals surface area contributed by atoms with Crippen LogP contribution in [0, 0.1) is 0 Å². The summed E-state index contributed by atoms with van der Waals surface area (Å²) in [6, 6.07) is 17.8. The lowest BCUT2D eigenvalue weighted by Crippen LogP contribution is -2.38. The Bertz CT molecular complexity index is 1100. The normalized spacial score (nSPS) is 17.1.